The van der Waals surface area contributed by atoms with Crippen molar-refractivity contribution in [2.45, 2.75) is 13.5 Å². The largest absolute Gasteiger partial charge is 0.465 e. The number of halogens is 1. The zero-order valence-electron chi connectivity index (χ0n) is 13.7. The maximum absolute atomic E-state index is 11.7. The van der Waals surface area contributed by atoms with Gasteiger partial charge in [-0.1, -0.05) is 11.6 Å². The first-order valence-electron chi connectivity index (χ1n) is 7.56. The number of pyridine rings is 1. The number of rotatable bonds is 2. The molecular weight excluding hydrogens is 340 g/mol. The molecule has 0 unspecified atom stereocenters. The minimum Gasteiger partial charge on any atom is -0.465 e. The number of carbonyl (C=O) groups is 1. The van der Waals surface area contributed by atoms with Crippen LogP contribution in [0.3, 0.4) is 0 Å². The number of carbonyl (C=O) groups excluding carboxylic acids is 1. The zero-order valence-corrected chi connectivity index (χ0v) is 14.5. The standard InChI is InChI=1S/C18H15ClN4O2/c1-3-23-16-10-11(19)4-5-12(16)14(22-23)6-7-15-17(20)13(8-9-21-15)18(24)25-2/h4-5,8-10H,3,20H2,1-2H3. The number of nitrogens with two attached hydrogens (primary N) is 1. The van der Waals surface area contributed by atoms with E-state index < -0.39 is 5.97 Å². The van der Waals surface area contributed by atoms with Gasteiger partial charge in [-0.05, 0) is 43.0 Å². The molecule has 0 radical (unpaired) electrons. The van der Waals surface area contributed by atoms with Crippen LogP contribution in [-0.2, 0) is 11.3 Å². The summed E-state index contributed by atoms with van der Waals surface area (Å²) in [4.78, 5) is 15.8. The third-order valence-corrected chi connectivity index (χ3v) is 3.94. The summed E-state index contributed by atoms with van der Waals surface area (Å²) < 4.78 is 6.52. The number of nitrogens with zero attached hydrogens (tertiary/aromatic N) is 3. The lowest BCUT2D eigenvalue weighted by Crippen LogP contribution is -2.08. The normalized spacial score (nSPS) is 10.4. The van der Waals surface area contributed by atoms with Crippen LogP contribution in [0.1, 0.15) is 28.7 Å². The van der Waals surface area contributed by atoms with Crippen molar-refractivity contribution in [2.24, 2.45) is 0 Å². The fourth-order valence-electron chi connectivity index (χ4n) is 2.46. The number of esters is 1. The molecule has 0 amide bonds. The van der Waals surface area contributed by atoms with E-state index in [2.05, 4.69) is 21.9 Å². The van der Waals surface area contributed by atoms with Crippen molar-refractivity contribution in [3.8, 4) is 11.8 Å². The van der Waals surface area contributed by atoms with Crippen LogP contribution in [0.15, 0.2) is 30.5 Å². The van der Waals surface area contributed by atoms with E-state index in [0.717, 1.165) is 10.9 Å². The molecule has 0 bridgehead atoms. The third kappa shape index (κ3) is 3.14. The van der Waals surface area contributed by atoms with Crippen molar-refractivity contribution >= 4 is 34.2 Å². The highest BCUT2D eigenvalue weighted by atomic mass is 35.5. The highest BCUT2D eigenvalue weighted by Gasteiger charge is 2.13. The molecule has 0 atom stereocenters. The summed E-state index contributed by atoms with van der Waals surface area (Å²) in [5.74, 6) is 5.34. The van der Waals surface area contributed by atoms with Crippen molar-refractivity contribution in [3.63, 3.8) is 0 Å². The second-order valence-corrected chi connectivity index (χ2v) is 5.62. The minimum atomic E-state index is -0.529. The van der Waals surface area contributed by atoms with Gasteiger partial charge in [0.25, 0.3) is 0 Å². The molecule has 0 saturated heterocycles. The number of benzene rings is 1. The molecule has 2 aromatic heterocycles. The van der Waals surface area contributed by atoms with Gasteiger partial charge in [0.05, 0.1) is 23.9 Å². The van der Waals surface area contributed by atoms with Crippen molar-refractivity contribution < 1.29 is 9.53 Å². The molecule has 1 aromatic carbocycles. The molecule has 0 aliphatic rings. The lowest BCUT2D eigenvalue weighted by atomic mass is 10.1. The van der Waals surface area contributed by atoms with E-state index >= 15 is 0 Å². The minimum absolute atomic E-state index is 0.184. The van der Waals surface area contributed by atoms with Crippen molar-refractivity contribution in [1.82, 2.24) is 14.8 Å². The fourth-order valence-corrected chi connectivity index (χ4v) is 2.63. The molecule has 6 nitrogen and oxygen atoms in total. The lowest BCUT2D eigenvalue weighted by Gasteiger charge is -2.03. The van der Waals surface area contributed by atoms with Gasteiger partial charge in [-0.25, -0.2) is 9.78 Å². The number of hydrogen-bond acceptors (Lipinski definition) is 5. The number of nitrogen functional groups attached to an aromatic ring is 1. The summed E-state index contributed by atoms with van der Waals surface area (Å²) in [5.41, 5.74) is 8.20. The number of ether oxygens (including phenoxy) is 1. The quantitative estimate of drug-likeness (QED) is 0.565. The van der Waals surface area contributed by atoms with E-state index in [1.54, 1.807) is 6.07 Å². The van der Waals surface area contributed by atoms with Gasteiger partial charge in [0.15, 0.2) is 0 Å². The number of fused-ring (bicyclic) bond motifs is 1. The summed E-state index contributed by atoms with van der Waals surface area (Å²) in [7, 11) is 1.29. The summed E-state index contributed by atoms with van der Waals surface area (Å²) in [6, 6.07) is 7.02. The molecule has 0 spiro atoms. The Morgan fingerprint density at radius 2 is 2.08 bits per heavy atom. The van der Waals surface area contributed by atoms with E-state index in [0.29, 0.717) is 23.0 Å². The molecule has 0 saturated carbocycles. The maximum atomic E-state index is 11.7. The fraction of sp³-hybridized carbons (Fsp3) is 0.167. The average Bonchev–Trinajstić information content (AvgIpc) is 2.97. The van der Waals surface area contributed by atoms with Crippen LogP contribution < -0.4 is 5.73 Å². The Bertz CT molecular complexity index is 1030. The van der Waals surface area contributed by atoms with Gasteiger partial charge >= 0.3 is 5.97 Å². The van der Waals surface area contributed by atoms with Crippen molar-refractivity contribution in [3.05, 3.63) is 52.4 Å². The molecule has 0 fully saturated rings. The molecule has 2 heterocycles. The topological polar surface area (TPSA) is 83.0 Å². The molecule has 3 aromatic rings. The number of hydrogen-bond donors (Lipinski definition) is 1. The first-order chi connectivity index (χ1) is 12.0. The van der Waals surface area contributed by atoms with Gasteiger partial charge in [-0.2, -0.15) is 5.10 Å². The second-order valence-electron chi connectivity index (χ2n) is 5.19. The van der Waals surface area contributed by atoms with Gasteiger partial charge in [-0.3, -0.25) is 4.68 Å². The molecular formula is C18H15ClN4O2. The SMILES string of the molecule is CCn1nc(C#Cc2nccc(C(=O)OC)c2N)c2ccc(Cl)cc21. The number of methoxy groups -OCH3 is 1. The number of anilines is 1. The summed E-state index contributed by atoms with van der Waals surface area (Å²) >= 11 is 6.06. The zero-order chi connectivity index (χ0) is 18.0. The first kappa shape index (κ1) is 16.8. The number of aryl methyl sites for hydroxylation is 1. The van der Waals surface area contributed by atoms with Crippen LogP contribution in [0.5, 0.6) is 0 Å². The highest BCUT2D eigenvalue weighted by molar-refractivity contribution is 6.31. The van der Waals surface area contributed by atoms with E-state index in [1.807, 2.05) is 23.7 Å². The van der Waals surface area contributed by atoms with Gasteiger partial charge in [0.2, 0.25) is 0 Å². The molecule has 2 N–H and O–H groups in total. The van der Waals surface area contributed by atoms with Crippen LogP contribution in [0.2, 0.25) is 5.02 Å². The Balaban J connectivity index is 2.08. The van der Waals surface area contributed by atoms with Crippen LogP contribution in [0, 0.1) is 11.8 Å². The molecule has 0 aliphatic heterocycles. The summed E-state index contributed by atoms with van der Waals surface area (Å²) in [6.45, 7) is 2.68. The Morgan fingerprint density at radius 3 is 2.80 bits per heavy atom. The molecule has 126 valence electrons. The van der Waals surface area contributed by atoms with Gasteiger partial charge < -0.3 is 10.5 Å². The Labute approximate surface area is 149 Å². The number of aromatic nitrogens is 3. The average molecular weight is 355 g/mol. The predicted molar refractivity (Wildman–Crippen MR) is 96.4 cm³/mol. The van der Waals surface area contributed by atoms with E-state index in [9.17, 15) is 4.79 Å². The van der Waals surface area contributed by atoms with Crippen molar-refractivity contribution in [1.29, 1.82) is 0 Å². The smallest absolute Gasteiger partial charge is 0.340 e. The van der Waals surface area contributed by atoms with Gasteiger partial charge in [0, 0.05) is 23.2 Å². The Hall–Kier alpha value is -3.04. The van der Waals surface area contributed by atoms with Crippen LogP contribution in [-0.4, -0.2) is 27.8 Å². The second kappa shape index (κ2) is 6.83. The summed E-state index contributed by atoms with van der Waals surface area (Å²) in [6.07, 6.45) is 1.47. The first-order valence-corrected chi connectivity index (χ1v) is 7.93. The molecule has 7 heteroatoms. The van der Waals surface area contributed by atoms with Crippen LogP contribution in [0.25, 0.3) is 10.9 Å². The monoisotopic (exact) mass is 354 g/mol. The Kier molecular flexibility index (Phi) is 4.59. The van der Waals surface area contributed by atoms with E-state index in [4.69, 9.17) is 22.1 Å². The molecule has 3 rings (SSSR count). The molecule has 25 heavy (non-hydrogen) atoms. The summed E-state index contributed by atoms with van der Waals surface area (Å²) in [5, 5.41) is 6.02. The van der Waals surface area contributed by atoms with Gasteiger partial charge in [-0.15, -0.1) is 0 Å². The van der Waals surface area contributed by atoms with Gasteiger partial charge in [0.1, 0.15) is 11.4 Å². The highest BCUT2D eigenvalue weighted by Crippen LogP contribution is 2.22. The van der Waals surface area contributed by atoms with Crippen LogP contribution >= 0.6 is 11.6 Å². The van der Waals surface area contributed by atoms with E-state index in [-0.39, 0.29) is 11.3 Å². The van der Waals surface area contributed by atoms with Crippen LogP contribution in [0.4, 0.5) is 5.69 Å². The maximum Gasteiger partial charge on any atom is 0.340 e. The molecule has 0 aliphatic carbocycles. The predicted octanol–water partition coefficient (Wildman–Crippen LogP) is 2.87. The van der Waals surface area contributed by atoms with Crippen molar-refractivity contribution in [2.75, 3.05) is 12.8 Å². The Morgan fingerprint density at radius 1 is 1.32 bits per heavy atom. The third-order valence-electron chi connectivity index (χ3n) is 3.71. The van der Waals surface area contributed by atoms with E-state index in [1.165, 1.54) is 19.4 Å². The lowest BCUT2D eigenvalue weighted by molar-refractivity contribution is 0.0602.